The molecule has 0 aliphatic heterocycles. The zero-order valence-corrected chi connectivity index (χ0v) is 11.5. The van der Waals surface area contributed by atoms with Gasteiger partial charge in [0.15, 0.2) is 0 Å². The van der Waals surface area contributed by atoms with E-state index in [2.05, 4.69) is 19.2 Å². The Morgan fingerprint density at radius 1 is 1.31 bits per heavy atom. The van der Waals surface area contributed by atoms with Crippen molar-refractivity contribution in [1.29, 1.82) is 0 Å². The molecule has 0 aromatic heterocycles. The van der Waals surface area contributed by atoms with E-state index in [-0.39, 0.29) is 5.54 Å². The minimum atomic E-state index is 0.267. The average Bonchev–Trinajstić information content (AvgIpc) is 2.88. The lowest BCUT2D eigenvalue weighted by Gasteiger charge is -2.32. The van der Waals surface area contributed by atoms with E-state index >= 15 is 0 Å². The molecule has 4 atom stereocenters. The van der Waals surface area contributed by atoms with Crippen LogP contribution in [0.4, 0.5) is 0 Å². The zero-order valence-electron chi connectivity index (χ0n) is 10.8. The molecule has 2 aliphatic carbocycles. The smallest absolute Gasteiger partial charge is 0.0240 e. The molecule has 0 saturated heterocycles. The highest BCUT2D eigenvalue weighted by atomic mass is 35.5. The Kier molecular flexibility index (Phi) is 4.18. The maximum atomic E-state index is 5.88. The number of hydrogen-bond acceptors (Lipinski definition) is 1. The fraction of sp³-hybridized carbons (Fsp3) is 1.00. The Morgan fingerprint density at radius 3 is 2.62 bits per heavy atom. The Balaban J connectivity index is 1.78. The number of alkyl halides is 1. The third-order valence-electron chi connectivity index (χ3n) is 5.10. The van der Waals surface area contributed by atoms with E-state index in [4.69, 9.17) is 11.6 Å². The summed E-state index contributed by atoms with van der Waals surface area (Å²) in [5, 5.41) is 3.79. The summed E-state index contributed by atoms with van der Waals surface area (Å²) in [6, 6.07) is 0. The van der Waals surface area contributed by atoms with Crippen molar-refractivity contribution in [2.24, 2.45) is 17.8 Å². The van der Waals surface area contributed by atoms with E-state index in [1.54, 1.807) is 0 Å². The summed E-state index contributed by atoms with van der Waals surface area (Å²) in [5.74, 6) is 3.83. The van der Waals surface area contributed by atoms with Crippen LogP contribution in [0, 0.1) is 17.8 Å². The third-order valence-corrected chi connectivity index (χ3v) is 5.29. The van der Waals surface area contributed by atoms with Crippen molar-refractivity contribution in [3.05, 3.63) is 0 Å². The van der Waals surface area contributed by atoms with Gasteiger partial charge in [0.25, 0.3) is 0 Å². The normalized spacial score (nSPS) is 36.6. The molecule has 0 radical (unpaired) electrons. The maximum absolute atomic E-state index is 5.88. The van der Waals surface area contributed by atoms with Gasteiger partial charge in [0.1, 0.15) is 0 Å². The molecule has 1 nitrogen and oxygen atoms in total. The fourth-order valence-corrected chi connectivity index (χ4v) is 4.02. The molecule has 2 heteroatoms. The third kappa shape index (κ3) is 2.73. The van der Waals surface area contributed by atoms with E-state index in [9.17, 15) is 0 Å². The predicted octanol–water partition coefficient (Wildman–Crippen LogP) is 3.81. The van der Waals surface area contributed by atoms with Crippen LogP contribution in [0.15, 0.2) is 0 Å². The van der Waals surface area contributed by atoms with Gasteiger partial charge in [-0.3, -0.25) is 0 Å². The summed E-state index contributed by atoms with van der Waals surface area (Å²) < 4.78 is 0. The molecule has 0 aromatic rings. The van der Waals surface area contributed by atoms with Gasteiger partial charge < -0.3 is 5.32 Å². The van der Waals surface area contributed by atoms with Crippen LogP contribution in [-0.2, 0) is 0 Å². The largest absolute Gasteiger partial charge is 0.311 e. The van der Waals surface area contributed by atoms with Gasteiger partial charge in [-0.05, 0) is 63.3 Å². The zero-order chi connectivity index (χ0) is 11.6. The SMILES string of the molecule is CCC(C)(CCCl)NCC1CC2CCC1C2. The maximum Gasteiger partial charge on any atom is 0.0240 e. The molecule has 4 unspecified atom stereocenters. The molecular weight excluding hydrogens is 218 g/mol. The van der Waals surface area contributed by atoms with Gasteiger partial charge in [0.05, 0.1) is 0 Å². The molecule has 1 N–H and O–H groups in total. The molecule has 0 amide bonds. The molecule has 0 spiro atoms. The van der Waals surface area contributed by atoms with Crippen LogP contribution in [0.1, 0.15) is 52.4 Å². The van der Waals surface area contributed by atoms with Crippen LogP contribution in [0.5, 0.6) is 0 Å². The van der Waals surface area contributed by atoms with Crippen LogP contribution in [0.2, 0.25) is 0 Å². The lowest BCUT2D eigenvalue weighted by Crippen LogP contribution is -2.45. The molecule has 0 heterocycles. The predicted molar refractivity (Wildman–Crippen MR) is 71.0 cm³/mol. The van der Waals surface area contributed by atoms with Gasteiger partial charge in [-0.15, -0.1) is 11.6 Å². The van der Waals surface area contributed by atoms with Crippen molar-refractivity contribution in [1.82, 2.24) is 5.32 Å². The van der Waals surface area contributed by atoms with Crippen molar-refractivity contribution in [2.45, 2.75) is 57.9 Å². The molecule has 2 bridgehead atoms. The first-order valence-electron chi connectivity index (χ1n) is 6.98. The summed E-state index contributed by atoms with van der Waals surface area (Å²) >= 11 is 5.88. The first kappa shape index (κ1) is 12.7. The van der Waals surface area contributed by atoms with Gasteiger partial charge in [-0.25, -0.2) is 0 Å². The average molecular weight is 244 g/mol. The van der Waals surface area contributed by atoms with Gasteiger partial charge >= 0.3 is 0 Å². The van der Waals surface area contributed by atoms with Crippen molar-refractivity contribution < 1.29 is 0 Å². The Labute approximate surface area is 105 Å². The Bertz CT molecular complexity index is 231. The lowest BCUT2D eigenvalue weighted by molar-refractivity contribution is 0.258. The van der Waals surface area contributed by atoms with Gasteiger partial charge in [0.2, 0.25) is 0 Å². The number of rotatable bonds is 6. The van der Waals surface area contributed by atoms with Gasteiger partial charge in [0, 0.05) is 11.4 Å². The summed E-state index contributed by atoms with van der Waals surface area (Å²) in [6.45, 7) is 5.81. The Morgan fingerprint density at radius 2 is 2.12 bits per heavy atom. The molecular formula is C14H26ClN. The minimum Gasteiger partial charge on any atom is -0.311 e. The topological polar surface area (TPSA) is 12.0 Å². The molecule has 2 aliphatic rings. The van der Waals surface area contributed by atoms with Crippen molar-refractivity contribution >= 4 is 11.6 Å². The van der Waals surface area contributed by atoms with Gasteiger partial charge in [-0.1, -0.05) is 13.3 Å². The molecule has 2 saturated carbocycles. The molecule has 94 valence electrons. The van der Waals surface area contributed by atoms with Crippen molar-refractivity contribution in [3.8, 4) is 0 Å². The summed E-state index contributed by atoms with van der Waals surface area (Å²) in [6.07, 6.45) is 8.28. The highest BCUT2D eigenvalue weighted by Gasteiger charge is 2.39. The fourth-order valence-electron chi connectivity index (χ4n) is 3.60. The standard InChI is InChI=1S/C14H26ClN/c1-3-14(2,6-7-15)16-10-13-9-11-4-5-12(13)8-11/h11-13,16H,3-10H2,1-2H3. The first-order chi connectivity index (χ1) is 7.67. The van der Waals surface area contributed by atoms with Gasteiger partial charge in [-0.2, -0.15) is 0 Å². The van der Waals surface area contributed by atoms with E-state index < -0.39 is 0 Å². The second kappa shape index (κ2) is 5.27. The second-order valence-corrected chi connectivity index (χ2v) is 6.55. The summed E-state index contributed by atoms with van der Waals surface area (Å²) in [5.41, 5.74) is 0.267. The molecule has 0 aromatic carbocycles. The lowest BCUT2D eigenvalue weighted by atomic mass is 9.87. The van der Waals surface area contributed by atoms with E-state index in [1.807, 2.05) is 0 Å². The number of nitrogens with one attached hydrogen (secondary N) is 1. The van der Waals surface area contributed by atoms with Crippen LogP contribution in [0.3, 0.4) is 0 Å². The van der Waals surface area contributed by atoms with Crippen molar-refractivity contribution in [2.75, 3.05) is 12.4 Å². The monoisotopic (exact) mass is 243 g/mol. The second-order valence-electron chi connectivity index (χ2n) is 6.17. The highest BCUT2D eigenvalue weighted by molar-refractivity contribution is 6.17. The van der Waals surface area contributed by atoms with E-state index in [1.165, 1.54) is 38.6 Å². The van der Waals surface area contributed by atoms with Crippen LogP contribution in [-0.4, -0.2) is 18.0 Å². The number of hydrogen-bond donors (Lipinski definition) is 1. The Hall–Kier alpha value is 0.250. The van der Waals surface area contributed by atoms with Crippen molar-refractivity contribution in [3.63, 3.8) is 0 Å². The number of halogens is 1. The summed E-state index contributed by atoms with van der Waals surface area (Å²) in [4.78, 5) is 0. The summed E-state index contributed by atoms with van der Waals surface area (Å²) in [7, 11) is 0. The quantitative estimate of drug-likeness (QED) is 0.700. The van der Waals surface area contributed by atoms with Crippen LogP contribution >= 0.6 is 11.6 Å². The molecule has 16 heavy (non-hydrogen) atoms. The van der Waals surface area contributed by atoms with E-state index in [0.29, 0.717) is 0 Å². The molecule has 2 rings (SSSR count). The van der Waals surface area contributed by atoms with Crippen LogP contribution in [0.25, 0.3) is 0 Å². The van der Waals surface area contributed by atoms with E-state index in [0.717, 1.165) is 30.1 Å². The number of fused-ring (bicyclic) bond motifs is 2. The molecule has 2 fully saturated rings. The van der Waals surface area contributed by atoms with Crippen LogP contribution < -0.4 is 5.32 Å². The minimum absolute atomic E-state index is 0.267. The first-order valence-corrected chi connectivity index (χ1v) is 7.51. The highest BCUT2D eigenvalue weighted by Crippen LogP contribution is 2.48.